The van der Waals surface area contributed by atoms with Crippen LogP contribution in [0.4, 0.5) is 0 Å². The molecule has 6 nitrogen and oxygen atoms in total. The number of carbonyl (C=O) groups is 1. The van der Waals surface area contributed by atoms with Gasteiger partial charge in [0.05, 0.1) is 23.6 Å². The SMILES string of the molecule is COC(=O)c1ccc(C)c(S(=O)(=O)N2CCN(C)CC2c2ccccc2)c1. The van der Waals surface area contributed by atoms with Gasteiger partial charge in [-0.25, -0.2) is 13.2 Å². The zero-order valence-electron chi connectivity index (χ0n) is 15.8. The van der Waals surface area contributed by atoms with E-state index in [1.54, 1.807) is 23.4 Å². The third kappa shape index (κ3) is 3.90. The van der Waals surface area contributed by atoms with Crippen molar-refractivity contribution >= 4 is 16.0 Å². The topological polar surface area (TPSA) is 66.9 Å². The molecular weight excluding hydrogens is 364 g/mol. The number of hydrogen-bond donors (Lipinski definition) is 0. The molecule has 144 valence electrons. The molecule has 0 bridgehead atoms. The molecule has 2 aromatic rings. The number of esters is 1. The van der Waals surface area contributed by atoms with E-state index in [1.165, 1.54) is 13.2 Å². The summed E-state index contributed by atoms with van der Waals surface area (Å²) in [7, 11) is -0.510. The average Bonchev–Trinajstić information content (AvgIpc) is 2.68. The number of likely N-dealkylation sites (N-methyl/N-ethyl adjacent to an activating group) is 1. The van der Waals surface area contributed by atoms with Crippen molar-refractivity contribution in [3.8, 4) is 0 Å². The number of sulfonamides is 1. The summed E-state index contributed by atoms with van der Waals surface area (Å²) >= 11 is 0. The van der Waals surface area contributed by atoms with E-state index in [1.807, 2.05) is 37.4 Å². The van der Waals surface area contributed by atoms with Crippen LogP contribution in [0.1, 0.15) is 27.5 Å². The smallest absolute Gasteiger partial charge is 0.337 e. The number of methoxy groups -OCH3 is 1. The zero-order chi connectivity index (χ0) is 19.6. The fourth-order valence-electron chi connectivity index (χ4n) is 3.39. The lowest BCUT2D eigenvalue weighted by Crippen LogP contribution is -2.49. The Kier molecular flexibility index (Phi) is 5.64. The second kappa shape index (κ2) is 7.80. The third-order valence-corrected chi connectivity index (χ3v) is 6.96. The molecule has 1 saturated heterocycles. The van der Waals surface area contributed by atoms with Crippen molar-refractivity contribution in [1.29, 1.82) is 0 Å². The number of nitrogens with zero attached hydrogens (tertiary/aromatic N) is 2. The van der Waals surface area contributed by atoms with Gasteiger partial charge in [0.2, 0.25) is 10.0 Å². The summed E-state index contributed by atoms with van der Waals surface area (Å²) in [5.74, 6) is -0.551. The number of benzene rings is 2. The Hall–Kier alpha value is -2.22. The van der Waals surface area contributed by atoms with E-state index >= 15 is 0 Å². The van der Waals surface area contributed by atoms with Crippen LogP contribution < -0.4 is 0 Å². The maximum Gasteiger partial charge on any atom is 0.337 e. The summed E-state index contributed by atoms with van der Waals surface area (Å²) in [6.45, 7) is 3.39. The highest BCUT2D eigenvalue weighted by atomic mass is 32.2. The Labute approximate surface area is 160 Å². The largest absolute Gasteiger partial charge is 0.465 e. The number of ether oxygens (including phenoxy) is 1. The van der Waals surface area contributed by atoms with Crippen LogP contribution in [0.15, 0.2) is 53.4 Å². The Bertz CT molecular complexity index is 928. The van der Waals surface area contributed by atoms with Crippen molar-refractivity contribution < 1.29 is 17.9 Å². The van der Waals surface area contributed by atoms with Gasteiger partial charge in [-0.3, -0.25) is 0 Å². The second-order valence-electron chi connectivity index (χ2n) is 6.78. The molecule has 3 rings (SSSR count). The molecule has 1 heterocycles. The van der Waals surface area contributed by atoms with Crippen LogP contribution in [-0.4, -0.2) is 57.4 Å². The highest BCUT2D eigenvalue weighted by Gasteiger charge is 2.37. The fraction of sp³-hybridized carbons (Fsp3) is 0.350. The maximum atomic E-state index is 13.5. The van der Waals surface area contributed by atoms with Gasteiger partial charge in [-0.1, -0.05) is 36.4 Å². The Morgan fingerprint density at radius 2 is 1.81 bits per heavy atom. The normalized spacial score (nSPS) is 19.0. The van der Waals surface area contributed by atoms with Gasteiger partial charge < -0.3 is 9.64 Å². The molecular formula is C20H24N2O4S. The van der Waals surface area contributed by atoms with Crippen molar-refractivity contribution in [2.75, 3.05) is 33.8 Å². The van der Waals surface area contributed by atoms with E-state index in [4.69, 9.17) is 4.74 Å². The molecule has 0 aromatic heterocycles. The van der Waals surface area contributed by atoms with Gasteiger partial charge in [-0.15, -0.1) is 0 Å². The van der Waals surface area contributed by atoms with Crippen molar-refractivity contribution in [3.63, 3.8) is 0 Å². The molecule has 1 fully saturated rings. The Balaban J connectivity index is 2.06. The maximum absolute atomic E-state index is 13.5. The van der Waals surface area contributed by atoms with Gasteiger partial charge >= 0.3 is 5.97 Å². The minimum Gasteiger partial charge on any atom is -0.465 e. The first-order valence-corrected chi connectivity index (χ1v) is 10.2. The molecule has 1 aliphatic rings. The van der Waals surface area contributed by atoms with Gasteiger partial charge in [-0.05, 0) is 37.2 Å². The van der Waals surface area contributed by atoms with Crippen molar-refractivity contribution in [2.45, 2.75) is 17.9 Å². The number of hydrogen-bond acceptors (Lipinski definition) is 5. The van der Waals surface area contributed by atoms with Crippen LogP contribution in [0.5, 0.6) is 0 Å². The fourth-order valence-corrected chi connectivity index (χ4v) is 5.24. The predicted molar refractivity (Wildman–Crippen MR) is 103 cm³/mol. The third-order valence-electron chi connectivity index (χ3n) is 4.91. The molecule has 0 spiro atoms. The second-order valence-corrected chi connectivity index (χ2v) is 8.64. The average molecular weight is 388 g/mol. The predicted octanol–water partition coefficient (Wildman–Crippen LogP) is 2.46. The number of piperazine rings is 1. The van der Waals surface area contributed by atoms with E-state index in [2.05, 4.69) is 4.90 Å². The van der Waals surface area contributed by atoms with Gasteiger partial charge in [0, 0.05) is 19.6 Å². The van der Waals surface area contributed by atoms with E-state index in [0.717, 1.165) is 5.56 Å². The molecule has 2 aromatic carbocycles. The first kappa shape index (κ1) is 19.5. The van der Waals surface area contributed by atoms with E-state index in [9.17, 15) is 13.2 Å². The van der Waals surface area contributed by atoms with Gasteiger partial charge in [0.1, 0.15) is 0 Å². The number of rotatable bonds is 4. The summed E-state index contributed by atoms with van der Waals surface area (Å²) in [4.78, 5) is 14.1. The zero-order valence-corrected chi connectivity index (χ0v) is 16.6. The first-order valence-electron chi connectivity index (χ1n) is 8.79. The number of aryl methyl sites for hydroxylation is 1. The summed E-state index contributed by atoms with van der Waals surface area (Å²) < 4.78 is 33.3. The number of carbonyl (C=O) groups excluding carboxylic acids is 1. The molecule has 1 aliphatic heterocycles. The Morgan fingerprint density at radius 1 is 1.11 bits per heavy atom. The summed E-state index contributed by atoms with van der Waals surface area (Å²) in [5.41, 5.74) is 1.79. The van der Waals surface area contributed by atoms with Crippen LogP contribution in [0.25, 0.3) is 0 Å². The molecule has 0 radical (unpaired) electrons. The van der Waals surface area contributed by atoms with Crippen LogP contribution in [0.2, 0.25) is 0 Å². The summed E-state index contributed by atoms with van der Waals surface area (Å²) in [6, 6.07) is 14.0. The molecule has 0 aliphatic carbocycles. The van der Waals surface area contributed by atoms with Gasteiger partial charge in [0.25, 0.3) is 0 Å². The standard InChI is InChI=1S/C20H24N2O4S/c1-15-9-10-17(20(23)26-3)13-19(15)27(24,25)22-12-11-21(2)14-18(22)16-7-5-4-6-8-16/h4-10,13,18H,11-12,14H2,1-3H3. The molecule has 7 heteroatoms. The molecule has 1 unspecified atom stereocenters. The first-order chi connectivity index (χ1) is 12.8. The molecule has 1 atom stereocenters. The molecule has 0 saturated carbocycles. The lowest BCUT2D eigenvalue weighted by molar-refractivity contribution is 0.0600. The molecule has 0 amide bonds. The van der Waals surface area contributed by atoms with Crippen LogP contribution in [0, 0.1) is 6.92 Å². The monoisotopic (exact) mass is 388 g/mol. The highest BCUT2D eigenvalue weighted by Crippen LogP contribution is 2.32. The van der Waals surface area contributed by atoms with Crippen molar-refractivity contribution in [3.05, 3.63) is 65.2 Å². The minimum atomic E-state index is -3.78. The lowest BCUT2D eigenvalue weighted by Gasteiger charge is -2.39. The van der Waals surface area contributed by atoms with E-state index in [0.29, 0.717) is 25.2 Å². The summed E-state index contributed by atoms with van der Waals surface area (Å²) in [6.07, 6.45) is 0. The minimum absolute atomic E-state index is 0.149. The van der Waals surface area contributed by atoms with Crippen LogP contribution in [0.3, 0.4) is 0 Å². The van der Waals surface area contributed by atoms with E-state index < -0.39 is 16.0 Å². The quantitative estimate of drug-likeness (QED) is 0.753. The van der Waals surface area contributed by atoms with Gasteiger partial charge in [-0.2, -0.15) is 4.31 Å². The van der Waals surface area contributed by atoms with Crippen LogP contribution >= 0.6 is 0 Å². The van der Waals surface area contributed by atoms with Gasteiger partial charge in [0.15, 0.2) is 0 Å². The Morgan fingerprint density at radius 3 is 2.48 bits per heavy atom. The van der Waals surface area contributed by atoms with Crippen molar-refractivity contribution in [2.24, 2.45) is 0 Å². The van der Waals surface area contributed by atoms with E-state index in [-0.39, 0.29) is 16.5 Å². The molecule has 0 N–H and O–H groups in total. The highest BCUT2D eigenvalue weighted by molar-refractivity contribution is 7.89. The molecule has 27 heavy (non-hydrogen) atoms. The summed E-state index contributed by atoms with van der Waals surface area (Å²) in [5, 5.41) is 0. The van der Waals surface area contributed by atoms with Crippen LogP contribution in [-0.2, 0) is 14.8 Å². The lowest BCUT2D eigenvalue weighted by atomic mass is 10.1. The van der Waals surface area contributed by atoms with Crippen molar-refractivity contribution in [1.82, 2.24) is 9.21 Å².